The van der Waals surface area contributed by atoms with Crippen LogP contribution in [-0.2, 0) is 32.1 Å². The maximum absolute atomic E-state index is 12.0. The van der Waals surface area contributed by atoms with Crippen LogP contribution in [0.1, 0.15) is 54.9 Å². The maximum Gasteiger partial charge on any atom is 0.324 e. The van der Waals surface area contributed by atoms with Gasteiger partial charge < -0.3 is 25.0 Å². The number of carbonyl (C=O) groups is 2. The number of amides is 1. The van der Waals surface area contributed by atoms with Crippen molar-refractivity contribution >= 4 is 35.9 Å². The number of anilines is 1. The zero-order valence-corrected chi connectivity index (χ0v) is 19.6. The first kappa shape index (κ1) is 25.4. The Kier molecular flexibility index (Phi) is 10.6. The summed E-state index contributed by atoms with van der Waals surface area (Å²) in [6.07, 6.45) is 10.2. The quantitative estimate of drug-likeness (QED) is 0.156. The number of hydrogen-bond donors (Lipinski definition) is 3. The Balaban J connectivity index is 1.48. The highest BCUT2D eigenvalue weighted by Gasteiger charge is 2.15. The van der Waals surface area contributed by atoms with Gasteiger partial charge in [0.15, 0.2) is 5.78 Å². The fourth-order valence-corrected chi connectivity index (χ4v) is 4.07. The third-order valence-electron chi connectivity index (χ3n) is 4.80. The highest BCUT2D eigenvalue weighted by molar-refractivity contribution is 8.07. The van der Waals surface area contributed by atoms with Gasteiger partial charge in [0.25, 0.3) is 0 Å². The summed E-state index contributed by atoms with van der Waals surface area (Å²) in [5.74, 6) is -0.0743. The molecule has 2 rings (SSSR count). The molecule has 1 unspecified atom stereocenters. The van der Waals surface area contributed by atoms with Crippen LogP contribution in [0.25, 0.3) is 0 Å². The predicted molar refractivity (Wildman–Crippen MR) is 126 cm³/mol. The van der Waals surface area contributed by atoms with E-state index < -0.39 is 6.72 Å². The average molecular weight is 467 g/mol. The summed E-state index contributed by atoms with van der Waals surface area (Å²) < 4.78 is 10.6. The molecule has 9 heteroatoms. The average Bonchev–Trinajstić information content (AvgIpc) is 2.66. The summed E-state index contributed by atoms with van der Waals surface area (Å²) in [4.78, 5) is 33.3. The van der Waals surface area contributed by atoms with Crippen LogP contribution < -0.4 is 11.1 Å². The van der Waals surface area contributed by atoms with Crippen molar-refractivity contribution in [2.45, 2.75) is 45.4 Å². The Hall–Kier alpha value is -1.83. The van der Waals surface area contributed by atoms with Gasteiger partial charge in [-0.2, -0.15) is 0 Å². The lowest BCUT2D eigenvalue weighted by Gasteiger charge is -2.17. The first-order valence-electron chi connectivity index (χ1n) is 10.4. The van der Waals surface area contributed by atoms with Gasteiger partial charge in [-0.05, 0) is 61.3 Å². The molecule has 1 aliphatic rings. The van der Waals surface area contributed by atoms with E-state index in [0.29, 0.717) is 37.2 Å². The molecule has 1 aromatic rings. The molecular weight excluding hydrogens is 435 g/mol. The normalized spacial score (nSPS) is 14.5. The van der Waals surface area contributed by atoms with Gasteiger partial charge in [-0.15, -0.1) is 0 Å². The molecule has 31 heavy (non-hydrogen) atoms. The number of nitrogens with one attached hydrogen (secondary N) is 1. The lowest BCUT2D eigenvalue weighted by atomic mass is 10.0. The highest BCUT2D eigenvalue weighted by atomic mass is 32.5. The minimum atomic E-state index is -3.17. The summed E-state index contributed by atoms with van der Waals surface area (Å²) in [7, 11) is 0. The van der Waals surface area contributed by atoms with Crippen molar-refractivity contribution in [2.24, 2.45) is 0 Å². The molecule has 1 aliphatic carbocycles. The molecule has 0 saturated heterocycles. The van der Waals surface area contributed by atoms with Crippen molar-refractivity contribution in [3.8, 4) is 0 Å². The van der Waals surface area contributed by atoms with Crippen LogP contribution in [-0.4, -0.2) is 36.3 Å². The van der Waals surface area contributed by atoms with Gasteiger partial charge in [0.1, 0.15) is 0 Å². The van der Waals surface area contributed by atoms with Crippen molar-refractivity contribution < 1.29 is 23.5 Å². The third kappa shape index (κ3) is 9.89. The second-order valence-electron chi connectivity index (χ2n) is 7.42. The molecule has 0 heterocycles. The zero-order chi connectivity index (χ0) is 22.7. The van der Waals surface area contributed by atoms with E-state index in [9.17, 15) is 14.5 Å². The van der Waals surface area contributed by atoms with Crippen LogP contribution in [0.4, 0.5) is 5.69 Å². The molecule has 170 valence electrons. The molecule has 0 bridgehead atoms. The minimum Gasteiger partial charge on any atom is -0.398 e. The summed E-state index contributed by atoms with van der Waals surface area (Å²) in [5, 5.41) is 2.91. The predicted octanol–water partition coefficient (Wildman–Crippen LogP) is 3.83. The molecule has 0 fully saturated rings. The van der Waals surface area contributed by atoms with Gasteiger partial charge in [-0.1, -0.05) is 37.1 Å². The number of ketones is 1. The molecule has 0 aromatic heterocycles. The van der Waals surface area contributed by atoms with E-state index in [1.165, 1.54) is 6.92 Å². The van der Waals surface area contributed by atoms with E-state index in [4.69, 9.17) is 26.6 Å². The third-order valence-corrected chi connectivity index (χ3v) is 6.40. The highest BCUT2D eigenvalue weighted by Crippen LogP contribution is 2.44. The van der Waals surface area contributed by atoms with Crippen LogP contribution in [0.15, 0.2) is 42.0 Å². The first-order valence-corrected chi connectivity index (χ1v) is 13.0. The Morgan fingerprint density at radius 2 is 1.94 bits per heavy atom. The van der Waals surface area contributed by atoms with Crippen LogP contribution >= 0.6 is 6.72 Å². The van der Waals surface area contributed by atoms with Gasteiger partial charge in [-0.25, -0.2) is 0 Å². The van der Waals surface area contributed by atoms with E-state index >= 15 is 0 Å². The van der Waals surface area contributed by atoms with E-state index in [1.54, 1.807) is 12.1 Å². The van der Waals surface area contributed by atoms with E-state index in [2.05, 4.69) is 5.32 Å². The summed E-state index contributed by atoms with van der Waals surface area (Å²) in [6.45, 7) is -0.427. The van der Waals surface area contributed by atoms with Crippen molar-refractivity contribution in [3.63, 3.8) is 0 Å². The number of benzene rings is 1. The van der Waals surface area contributed by atoms with Gasteiger partial charge in [-0.3, -0.25) is 9.59 Å². The van der Waals surface area contributed by atoms with Gasteiger partial charge in [0.05, 0.1) is 13.2 Å². The van der Waals surface area contributed by atoms with E-state index in [1.807, 2.05) is 24.3 Å². The molecule has 0 spiro atoms. The van der Waals surface area contributed by atoms with Crippen molar-refractivity contribution in [3.05, 3.63) is 53.1 Å². The zero-order valence-electron chi connectivity index (χ0n) is 17.8. The Morgan fingerprint density at radius 3 is 2.58 bits per heavy atom. The van der Waals surface area contributed by atoms with Gasteiger partial charge in [0.2, 0.25) is 5.91 Å². The molecule has 0 aliphatic heterocycles. The van der Waals surface area contributed by atoms with E-state index in [-0.39, 0.29) is 18.3 Å². The number of rotatable bonds is 15. The fourth-order valence-electron chi connectivity index (χ4n) is 2.94. The second kappa shape index (κ2) is 12.9. The maximum atomic E-state index is 12.0. The lowest BCUT2D eigenvalue weighted by Crippen LogP contribution is -2.24. The lowest BCUT2D eigenvalue weighted by molar-refractivity contribution is -0.121. The number of allylic oxidation sites excluding steroid dienone is 2. The number of hydrogen-bond acceptors (Lipinski definition) is 6. The van der Waals surface area contributed by atoms with Crippen molar-refractivity contribution in [2.75, 3.05) is 25.5 Å². The molecule has 1 amide bonds. The van der Waals surface area contributed by atoms with Gasteiger partial charge in [0, 0.05) is 24.2 Å². The monoisotopic (exact) mass is 466 g/mol. The summed E-state index contributed by atoms with van der Waals surface area (Å²) in [6, 6.07) is 5.30. The topological polar surface area (TPSA) is 111 Å². The first-order chi connectivity index (χ1) is 14.8. The largest absolute Gasteiger partial charge is 0.398 e. The fraction of sp³-hybridized carbons (Fsp3) is 0.455. The molecule has 4 N–H and O–H groups in total. The van der Waals surface area contributed by atoms with Crippen LogP contribution in [0.2, 0.25) is 0 Å². The molecule has 0 saturated carbocycles. The smallest absolute Gasteiger partial charge is 0.324 e. The van der Waals surface area contributed by atoms with Crippen LogP contribution in [0.3, 0.4) is 0 Å². The standard InChI is InChI=1S/C22H31N2O5PS/c1-17(25)20-11-9-18(15-21(20)23)10-12-22(26)24-13-4-2-3-5-14-28-30(27,31)29-16-19-7-6-8-19/h6-9,11,15H,2-5,10,12-14,16,23H2,1H3,(H,24,26)(H,27,31). The van der Waals surface area contributed by atoms with Gasteiger partial charge >= 0.3 is 6.72 Å². The van der Waals surface area contributed by atoms with Crippen molar-refractivity contribution in [1.29, 1.82) is 0 Å². The number of carbonyl (C=O) groups excluding carboxylic acids is 2. The Labute approximate surface area is 188 Å². The Morgan fingerprint density at radius 1 is 1.19 bits per heavy atom. The number of nitrogen functional groups attached to an aromatic ring is 1. The minimum absolute atomic E-state index is 0.00732. The molecular formula is C22H31N2O5PS. The van der Waals surface area contributed by atoms with Crippen LogP contribution in [0, 0.1) is 0 Å². The molecule has 7 nitrogen and oxygen atoms in total. The second-order valence-corrected chi connectivity index (χ2v) is 10.3. The number of aryl methyl sites for hydroxylation is 1. The molecule has 1 atom stereocenters. The number of nitrogens with two attached hydrogens (primary N) is 1. The number of Topliss-reactive ketones (excluding diaryl/α,β-unsaturated/α-hetero) is 1. The molecule has 0 radical (unpaired) electrons. The van der Waals surface area contributed by atoms with Crippen LogP contribution in [0.5, 0.6) is 0 Å². The number of unbranched alkanes of at least 4 members (excludes halogenated alkanes) is 3. The summed E-state index contributed by atoms with van der Waals surface area (Å²) >= 11 is 4.97. The van der Waals surface area contributed by atoms with Crippen molar-refractivity contribution in [1.82, 2.24) is 5.32 Å². The summed E-state index contributed by atoms with van der Waals surface area (Å²) in [5.41, 5.74) is 8.76. The van der Waals surface area contributed by atoms with E-state index in [0.717, 1.165) is 36.8 Å². The SMILES string of the molecule is CC(=O)c1ccc(CCC(=O)NCCCCCCOP(O)(=S)OCC2=CC=C2)cc1N. The Bertz CT molecular complexity index is 885. The molecule has 1 aromatic carbocycles.